The van der Waals surface area contributed by atoms with Gasteiger partial charge in [0, 0.05) is 12.8 Å². The number of esters is 2. The standard InChI is InChI=1S/C18H17NO6/c20-16(14-7-4-9-23-14)19-13(11-12-5-2-1-3-6-12)17(21)25-15-8-10-24-18(15)22/h1-7,9,13,15H,8,10-11H2,(H,19,20). The summed E-state index contributed by atoms with van der Waals surface area (Å²) in [5.74, 6) is -1.69. The maximum absolute atomic E-state index is 12.5. The number of cyclic esters (lactones) is 1. The van der Waals surface area contributed by atoms with Gasteiger partial charge >= 0.3 is 11.9 Å². The zero-order valence-electron chi connectivity index (χ0n) is 13.3. The van der Waals surface area contributed by atoms with Crippen LogP contribution >= 0.6 is 0 Å². The highest BCUT2D eigenvalue weighted by molar-refractivity contribution is 5.95. The van der Waals surface area contributed by atoms with Gasteiger partial charge in [-0.2, -0.15) is 0 Å². The molecule has 0 bridgehead atoms. The second-order valence-corrected chi connectivity index (χ2v) is 5.57. The Labute approximate surface area is 143 Å². The minimum absolute atomic E-state index is 0.0890. The number of furan rings is 1. The highest BCUT2D eigenvalue weighted by Gasteiger charge is 2.33. The fraction of sp³-hybridized carbons (Fsp3) is 0.278. The van der Waals surface area contributed by atoms with Crippen LogP contribution in [0, 0.1) is 0 Å². The van der Waals surface area contributed by atoms with E-state index in [0.717, 1.165) is 5.56 Å². The van der Waals surface area contributed by atoms with Crippen molar-refractivity contribution in [3.8, 4) is 0 Å². The zero-order valence-corrected chi connectivity index (χ0v) is 13.3. The number of carbonyl (C=O) groups excluding carboxylic acids is 3. The van der Waals surface area contributed by atoms with E-state index in [1.165, 1.54) is 12.3 Å². The van der Waals surface area contributed by atoms with Crippen molar-refractivity contribution in [2.75, 3.05) is 6.61 Å². The summed E-state index contributed by atoms with van der Waals surface area (Å²) in [6.07, 6.45) is 0.989. The fourth-order valence-corrected chi connectivity index (χ4v) is 2.49. The van der Waals surface area contributed by atoms with Gasteiger partial charge in [0.2, 0.25) is 6.10 Å². The molecule has 2 atom stereocenters. The van der Waals surface area contributed by atoms with E-state index in [1.807, 2.05) is 30.3 Å². The molecule has 0 radical (unpaired) electrons. The van der Waals surface area contributed by atoms with Crippen LogP contribution in [-0.4, -0.2) is 36.6 Å². The van der Waals surface area contributed by atoms with Crippen LogP contribution in [0.5, 0.6) is 0 Å². The Bertz CT molecular complexity index is 740. The van der Waals surface area contributed by atoms with Crippen LogP contribution in [0.15, 0.2) is 53.1 Å². The van der Waals surface area contributed by atoms with Crippen molar-refractivity contribution < 1.29 is 28.3 Å². The number of carbonyl (C=O) groups is 3. The van der Waals surface area contributed by atoms with E-state index in [-0.39, 0.29) is 18.8 Å². The average Bonchev–Trinajstić information content (AvgIpc) is 3.28. The molecule has 0 spiro atoms. The molecule has 1 aromatic carbocycles. The first-order valence-electron chi connectivity index (χ1n) is 7.89. The van der Waals surface area contributed by atoms with Crippen molar-refractivity contribution in [2.45, 2.75) is 25.0 Å². The third-order valence-electron chi connectivity index (χ3n) is 3.76. The number of rotatable bonds is 6. The molecule has 7 nitrogen and oxygen atoms in total. The van der Waals surface area contributed by atoms with Gasteiger partial charge in [0.25, 0.3) is 5.91 Å². The van der Waals surface area contributed by atoms with Crippen LogP contribution in [0.4, 0.5) is 0 Å². The predicted molar refractivity (Wildman–Crippen MR) is 85.6 cm³/mol. The molecular weight excluding hydrogens is 326 g/mol. The van der Waals surface area contributed by atoms with E-state index in [9.17, 15) is 14.4 Å². The summed E-state index contributed by atoms with van der Waals surface area (Å²) in [5.41, 5.74) is 0.846. The number of hydrogen-bond donors (Lipinski definition) is 1. The van der Waals surface area contributed by atoms with Crippen LogP contribution in [-0.2, 0) is 25.5 Å². The summed E-state index contributed by atoms with van der Waals surface area (Å²) in [5, 5.41) is 2.60. The van der Waals surface area contributed by atoms with Gasteiger partial charge in [-0.15, -0.1) is 0 Å². The Balaban J connectivity index is 1.72. The molecule has 1 saturated heterocycles. The van der Waals surface area contributed by atoms with Crippen LogP contribution in [0.25, 0.3) is 0 Å². The molecule has 1 aliphatic rings. The number of hydrogen-bond acceptors (Lipinski definition) is 6. The molecule has 7 heteroatoms. The zero-order chi connectivity index (χ0) is 17.6. The smallest absolute Gasteiger partial charge is 0.347 e. The second kappa shape index (κ2) is 7.65. The predicted octanol–water partition coefficient (Wildman–Crippen LogP) is 1.48. The van der Waals surface area contributed by atoms with Gasteiger partial charge in [0.15, 0.2) is 5.76 Å². The van der Waals surface area contributed by atoms with Crippen LogP contribution in [0.2, 0.25) is 0 Å². The maximum atomic E-state index is 12.5. The SMILES string of the molecule is O=C(NC(Cc1ccccc1)C(=O)OC1CCOC1=O)c1ccco1. The minimum atomic E-state index is -0.951. The van der Waals surface area contributed by atoms with Gasteiger partial charge in [0.1, 0.15) is 6.04 Å². The lowest BCUT2D eigenvalue weighted by atomic mass is 10.1. The largest absolute Gasteiger partial charge is 0.463 e. The highest BCUT2D eigenvalue weighted by atomic mass is 16.6. The third kappa shape index (κ3) is 4.26. The number of benzene rings is 1. The van der Waals surface area contributed by atoms with Crippen molar-refractivity contribution >= 4 is 17.8 Å². The Morgan fingerprint density at radius 2 is 2.00 bits per heavy atom. The monoisotopic (exact) mass is 343 g/mol. The number of nitrogens with one attached hydrogen (secondary N) is 1. The summed E-state index contributed by atoms with van der Waals surface area (Å²) in [6, 6.07) is 11.3. The molecule has 130 valence electrons. The average molecular weight is 343 g/mol. The summed E-state index contributed by atoms with van der Waals surface area (Å²) in [6.45, 7) is 0.221. The van der Waals surface area contributed by atoms with Crippen LogP contribution < -0.4 is 5.32 Å². The first-order chi connectivity index (χ1) is 12.1. The van der Waals surface area contributed by atoms with Crippen molar-refractivity contribution in [1.82, 2.24) is 5.32 Å². The molecule has 25 heavy (non-hydrogen) atoms. The topological polar surface area (TPSA) is 94.8 Å². The molecule has 3 rings (SSSR count). The van der Waals surface area contributed by atoms with E-state index < -0.39 is 30.0 Å². The lowest BCUT2D eigenvalue weighted by molar-refractivity contribution is -0.161. The first kappa shape index (κ1) is 16.8. The van der Waals surface area contributed by atoms with Gasteiger partial charge in [0.05, 0.1) is 12.9 Å². The fourth-order valence-electron chi connectivity index (χ4n) is 2.49. The molecule has 2 heterocycles. The number of amides is 1. The normalized spacial score (nSPS) is 17.6. The summed E-state index contributed by atoms with van der Waals surface area (Å²) >= 11 is 0. The Morgan fingerprint density at radius 1 is 1.20 bits per heavy atom. The van der Waals surface area contributed by atoms with E-state index in [1.54, 1.807) is 6.07 Å². The van der Waals surface area contributed by atoms with Gasteiger partial charge in [-0.25, -0.2) is 9.59 Å². The summed E-state index contributed by atoms with van der Waals surface area (Å²) < 4.78 is 15.0. The Hall–Kier alpha value is -3.09. The lowest BCUT2D eigenvalue weighted by Crippen LogP contribution is -2.44. The molecule has 1 aliphatic heterocycles. The molecule has 0 saturated carbocycles. The van der Waals surface area contributed by atoms with Crippen molar-refractivity contribution in [1.29, 1.82) is 0 Å². The molecule has 1 N–H and O–H groups in total. The van der Waals surface area contributed by atoms with E-state index >= 15 is 0 Å². The van der Waals surface area contributed by atoms with Crippen LogP contribution in [0.1, 0.15) is 22.5 Å². The Kier molecular flexibility index (Phi) is 5.13. The van der Waals surface area contributed by atoms with E-state index in [2.05, 4.69) is 5.32 Å². The molecule has 1 fully saturated rings. The van der Waals surface area contributed by atoms with Gasteiger partial charge in [-0.05, 0) is 17.7 Å². The second-order valence-electron chi connectivity index (χ2n) is 5.57. The molecule has 1 amide bonds. The first-order valence-corrected chi connectivity index (χ1v) is 7.89. The Morgan fingerprint density at radius 3 is 2.64 bits per heavy atom. The molecule has 2 aromatic rings. The van der Waals surface area contributed by atoms with Gasteiger partial charge in [-0.3, -0.25) is 4.79 Å². The summed E-state index contributed by atoms with van der Waals surface area (Å²) in [4.78, 5) is 36.2. The molecule has 1 aromatic heterocycles. The lowest BCUT2D eigenvalue weighted by Gasteiger charge is -2.18. The van der Waals surface area contributed by atoms with Crippen molar-refractivity contribution in [3.05, 3.63) is 60.1 Å². The molecule has 0 aliphatic carbocycles. The summed E-state index contributed by atoms with van der Waals surface area (Å²) in [7, 11) is 0. The van der Waals surface area contributed by atoms with Crippen LogP contribution in [0.3, 0.4) is 0 Å². The quantitative estimate of drug-likeness (QED) is 0.798. The number of ether oxygens (including phenoxy) is 2. The van der Waals surface area contributed by atoms with Crippen molar-refractivity contribution in [3.63, 3.8) is 0 Å². The maximum Gasteiger partial charge on any atom is 0.347 e. The van der Waals surface area contributed by atoms with Gasteiger partial charge < -0.3 is 19.2 Å². The van der Waals surface area contributed by atoms with E-state index in [0.29, 0.717) is 6.42 Å². The van der Waals surface area contributed by atoms with E-state index in [4.69, 9.17) is 13.9 Å². The third-order valence-corrected chi connectivity index (χ3v) is 3.76. The molecule has 2 unspecified atom stereocenters. The van der Waals surface area contributed by atoms with Crippen molar-refractivity contribution in [2.24, 2.45) is 0 Å². The highest BCUT2D eigenvalue weighted by Crippen LogP contribution is 2.13. The molecular formula is C18H17NO6. The minimum Gasteiger partial charge on any atom is -0.463 e. The van der Waals surface area contributed by atoms with Gasteiger partial charge in [-0.1, -0.05) is 30.3 Å².